The van der Waals surface area contributed by atoms with Crippen molar-refractivity contribution >= 4 is 17.6 Å². The Bertz CT molecular complexity index is 873. The third-order valence-corrected chi connectivity index (χ3v) is 3.94. The minimum absolute atomic E-state index is 0.278. The summed E-state index contributed by atoms with van der Waals surface area (Å²) in [6, 6.07) is 20.7. The van der Waals surface area contributed by atoms with Gasteiger partial charge in [-0.1, -0.05) is 42.5 Å². The van der Waals surface area contributed by atoms with Gasteiger partial charge in [-0.25, -0.2) is 4.79 Å². The molecular formula is C21H20N2O3. The Labute approximate surface area is 152 Å². The second kappa shape index (κ2) is 8.16. The molecule has 0 aliphatic heterocycles. The molecule has 26 heavy (non-hydrogen) atoms. The van der Waals surface area contributed by atoms with E-state index in [0.717, 1.165) is 16.8 Å². The molecular weight excluding hydrogens is 328 g/mol. The zero-order chi connectivity index (χ0) is 18.4. The number of amides is 1. The molecule has 0 saturated heterocycles. The molecule has 132 valence electrons. The number of H-pyrrole nitrogens is 1. The van der Waals surface area contributed by atoms with Crippen LogP contribution in [-0.2, 0) is 16.1 Å². The van der Waals surface area contributed by atoms with Gasteiger partial charge in [-0.05, 0) is 42.3 Å². The summed E-state index contributed by atoms with van der Waals surface area (Å²) >= 11 is 0. The maximum absolute atomic E-state index is 12.8. The molecule has 1 aromatic heterocycles. The highest BCUT2D eigenvalue weighted by Gasteiger charge is 2.19. The summed E-state index contributed by atoms with van der Waals surface area (Å²) in [5.41, 5.74) is 3.15. The van der Waals surface area contributed by atoms with Gasteiger partial charge in [-0.3, -0.25) is 4.79 Å². The molecule has 5 nitrogen and oxygen atoms in total. The van der Waals surface area contributed by atoms with Gasteiger partial charge in [0, 0.05) is 11.9 Å². The number of nitrogens with zero attached hydrogens (tertiary/aromatic N) is 1. The van der Waals surface area contributed by atoms with Crippen molar-refractivity contribution in [3.05, 3.63) is 89.7 Å². The first-order valence-corrected chi connectivity index (χ1v) is 8.35. The molecule has 0 radical (unpaired) electrons. The number of carbonyl (C=O) groups excluding carboxylic acids is 2. The van der Waals surface area contributed by atoms with E-state index in [1.54, 1.807) is 23.2 Å². The molecule has 0 unspecified atom stereocenters. The van der Waals surface area contributed by atoms with Gasteiger partial charge >= 0.3 is 5.97 Å². The van der Waals surface area contributed by atoms with E-state index in [9.17, 15) is 9.59 Å². The monoisotopic (exact) mass is 348 g/mol. The van der Waals surface area contributed by atoms with Crippen molar-refractivity contribution < 1.29 is 14.3 Å². The number of hydrogen-bond donors (Lipinski definition) is 1. The molecule has 5 heteroatoms. The molecule has 0 fully saturated rings. The van der Waals surface area contributed by atoms with Crippen LogP contribution in [0.5, 0.6) is 0 Å². The summed E-state index contributed by atoms with van der Waals surface area (Å²) < 4.78 is 5.16. The van der Waals surface area contributed by atoms with Gasteiger partial charge < -0.3 is 14.6 Å². The first-order chi connectivity index (χ1) is 12.6. The van der Waals surface area contributed by atoms with Gasteiger partial charge in [0.1, 0.15) is 5.69 Å². The number of carbonyl (C=O) groups is 2. The van der Waals surface area contributed by atoms with Gasteiger partial charge in [-0.15, -0.1) is 0 Å². The Kier molecular flexibility index (Phi) is 5.49. The van der Waals surface area contributed by atoms with Crippen molar-refractivity contribution in [3.63, 3.8) is 0 Å². The third kappa shape index (κ3) is 4.39. The molecule has 0 bridgehead atoms. The molecule has 0 aliphatic rings. The first kappa shape index (κ1) is 17.5. The van der Waals surface area contributed by atoms with E-state index >= 15 is 0 Å². The van der Waals surface area contributed by atoms with Gasteiger partial charge in [-0.2, -0.15) is 0 Å². The van der Waals surface area contributed by atoms with Crippen LogP contribution in [0.4, 0.5) is 5.69 Å². The van der Waals surface area contributed by atoms with Crippen LogP contribution < -0.4 is 4.90 Å². The van der Waals surface area contributed by atoms with E-state index in [-0.39, 0.29) is 12.5 Å². The Morgan fingerprint density at radius 1 is 1.00 bits per heavy atom. The van der Waals surface area contributed by atoms with Crippen molar-refractivity contribution in [2.45, 2.75) is 13.5 Å². The average molecular weight is 348 g/mol. The van der Waals surface area contributed by atoms with Crippen molar-refractivity contribution in [1.82, 2.24) is 4.98 Å². The second-order valence-corrected chi connectivity index (χ2v) is 5.96. The van der Waals surface area contributed by atoms with Crippen LogP contribution in [0.2, 0.25) is 0 Å². The Balaban J connectivity index is 1.75. The number of benzene rings is 2. The predicted molar refractivity (Wildman–Crippen MR) is 99.9 cm³/mol. The number of hydrogen-bond acceptors (Lipinski definition) is 3. The lowest BCUT2D eigenvalue weighted by atomic mass is 10.1. The van der Waals surface area contributed by atoms with Crippen molar-refractivity contribution in [1.29, 1.82) is 0 Å². The Hall–Kier alpha value is -3.34. The number of rotatable bonds is 6. The summed E-state index contributed by atoms with van der Waals surface area (Å²) in [5.74, 6) is -0.827. The topological polar surface area (TPSA) is 62.4 Å². The van der Waals surface area contributed by atoms with Crippen LogP contribution in [0.1, 0.15) is 21.6 Å². The zero-order valence-corrected chi connectivity index (χ0v) is 14.5. The lowest BCUT2D eigenvalue weighted by Gasteiger charge is -2.23. The van der Waals surface area contributed by atoms with E-state index in [2.05, 4.69) is 4.98 Å². The quantitative estimate of drug-likeness (QED) is 0.691. The number of esters is 1. The fraction of sp³-hybridized carbons (Fsp3) is 0.143. The first-order valence-electron chi connectivity index (χ1n) is 8.35. The molecule has 2 aromatic carbocycles. The highest BCUT2D eigenvalue weighted by Crippen LogP contribution is 2.19. The van der Waals surface area contributed by atoms with Crippen molar-refractivity contribution in [2.75, 3.05) is 11.5 Å². The third-order valence-electron chi connectivity index (χ3n) is 3.94. The number of nitrogens with one attached hydrogen (secondary N) is 1. The van der Waals surface area contributed by atoms with E-state index < -0.39 is 5.97 Å². The molecule has 0 spiro atoms. The summed E-state index contributed by atoms with van der Waals surface area (Å²) in [4.78, 5) is 29.1. The summed E-state index contributed by atoms with van der Waals surface area (Å²) in [6.07, 6.45) is 1.63. The normalized spacial score (nSPS) is 10.3. The molecule has 1 N–H and O–H groups in total. The summed E-state index contributed by atoms with van der Waals surface area (Å²) in [7, 11) is 0. The average Bonchev–Trinajstić information content (AvgIpc) is 3.19. The van der Waals surface area contributed by atoms with Crippen LogP contribution >= 0.6 is 0 Å². The molecule has 0 atom stereocenters. The number of anilines is 1. The van der Waals surface area contributed by atoms with Gasteiger partial charge in [0.25, 0.3) is 5.91 Å². The van der Waals surface area contributed by atoms with Crippen LogP contribution in [0.3, 0.4) is 0 Å². The van der Waals surface area contributed by atoms with Gasteiger partial charge in [0.05, 0.1) is 6.54 Å². The van der Waals surface area contributed by atoms with Crippen LogP contribution in [0.15, 0.2) is 72.9 Å². The molecule has 1 amide bonds. The number of aromatic amines is 1. The zero-order valence-electron chi connectivity index (χ0n) is 14.5. The Morgan fingerprint density at radius 2 is 1.81 bits per heavy atom. The second-order valence-electron chi connectivity index (χ2n) is 5.96. The minimum Gasteiger partial charge on any atom is -0.451 e. The van der Waals surface area contributed by atoms with E-state index in [1.165, 1.54) is 0 Å². The number of ether oxygens (including phenoxy) is 1. The lowest BCUT2D eigenvalue weighted by Crippen LogP contribution is -2.34. The maximum atomic E-state index is 12.8. The van der Waals surface area contributed by atoms with E-state index in [0.29, 0.717) is 12.2 Å². The number of aromatic nitrogens is 1. The minimum atomic E-state index is -0.549. The van der Waals surface area contributed by atoms with Crippen LogP contribution in [0.25, 0.3) is 0 Å². The highest BCUT2D eigenvalue weighted by atomic mass is 16.5. The van der Waals surface area contributed by atoms with Gasteiger partial charge in [0.2, 0.25) is 0 Å². The lowest BCUT2D eigenvalue weighted by molar-refractivity contribution is -0.121. The summed E-state index contributed by atoms with van der Waals surface area (Å²) in [6.45, 7) is 2.06. The largest absolute Gasteiger partial charge is 0.451 e. The summed E-state index contributed by atoms with van der Waals surface area (Å²) in [5, 5.41) is 0. The SMILES string of the molecule is Cc1cccc(N(Cc2ccccc2)C(=O)COC(=O)c2ccc[nH]2)c1. The molecule has 0 aliphatic carbocycles. The fourth-order valence-corrected chi connectivity index (χ4v) is 2.63. The van der Waals surface area contributed by atoms with Crippen molar-refractivity contribution in [2.24, 2.45) is 0 Å². The molecule has 3 rings (SSSR count). The molecule has 3 aromatic rings. The fourth-order valence-electron chi connectivity index (χ4n) is 2.63. The smallest absolute Gasteiger partial charge is 0.355 e. The predicted octanol–water partition coefficient (Wildman–Crippen LogP) is 3.71. The standard InChI is InChI=1S/C21H20N2O3/c1-16-7-5-10-18(13-16)23(14-17-8-3-2-4-9-17)20(24)15-26-21(25)19-11-6-12-22-19/h2-13,22H,14-15H2,1H3. The Morgan fingerprint density at radius 3 is 2.50 bits per heavy atom. The molecule has 0 saturated carbocycles. The van der Waals surface area contributed by atoms with Crippen LogP contribution in [0, 0.1) is 6.92 Å². The maximum Gasteiger partial charge on any atom is 0.355 e. The van der Waals surface area contributed by atoms with E-state index in [4.69, 9.17) is 4.74 Å². The number of aryl methyl sites for hydroxylation is 1. The van der Waals surface area contributed by atoms with Crippen LogP contribution in [-0.4, -0.2) is 23.5 Å². The molecule has 1 heterocycles. The van der Waals surface area contributed by atoms with E-state index in [1.807, 2.05) is 61.5 Å². The highest BCUT2D eigenvalue weighted by molar-refractivity contribution is 5.96. The van der Waals surface area contributed by atoms with Crippen molar-refractivity contribution in [3.8, 4) is 0 Å². The van der Waals surface area contributed by atoms with Gasteiger partial charge in [0.15, 0.2) is 6.61 Å².